The van der Waals surface area contributed by atoms with E-state index in [4.69, 9.17) is 17.4 Å². The third-order valence-corrected chi connectivity index (χ3v) is 3.65. The fraction of sp³-hybridized carbons (Fsp3) is 0.0909. The number of nitrogens with zero attached hydrogens (tertiary/aromatic N) is 3. The molecule has 1 aromatic carbocycles. The lowest BCUT2D eigenvalue weighted by molar-refractivity contribution is -0.388. The molecular weight excluding hydrogens is 302 g/mol. The van der Waals surface area contributed by atoms with Crippen LogP contribution < -0.4 is 11.3 Å². The lowest BCUT2D eigenvalue weighted by Crippen LogP contribution is -2.11. The van der Waals surface area contributed by atoms with E-state index in [0.717, 1.165) is 11.8 Å². The number of aromatic nitrogens is 2. The van der Waals surface area contributed by atoms with Gasteiger partial charge in [0.2, 0.25) is 5.95 Å². The minimum absolute atomic E-state index is 0.134. The summed E-state index contributed by atoms with van der Waals surface area (Å²) >= 11 is 7.03. The Balaban J connectivity index is 2.18. The van der Waals surface area contributed by atoms with Crippen molar-refractivity contribution in [3.63, 3.8) is 0 Å². The number of hydrogen-bond acceptors (Lipinski definition) is 7. The van der Waals surface area contributed by atoms with Crippen LogP contribution in [0.4, 0.5) is 11.6 Å². The third-order valence-electron chi connectivity index (χ3n) is 2.35. The average molecular weight is 312 g/mol. The first kappa shape index (κ1) is 14.5. The van der Waals surface area contributed by atoms with Gasteiger partial charge in [-0.15, -0.1) is 0 Å². The first-order valence-electron chi connectivity index (χ1n) is 5.45. The summed E-state index contributed by atoms with van der Waals surface area (Å²) in [5, 5.41) is 11.8. The minimum Gasteiger partial charge on any atom is -0.292 e. The Hall–Kier alpha value is -1.90. The molecular formula is C11H10ClN5O2S. The van der Waals surface area contributed by atoms with Gasteiger partial charge in [-0.2, -0.15) is 4.98 Å². The smallest absolute Gasteiger partial charge is 0.292 e. The molecule has 0 atom stereocenters. The van der Waals surface area contributed by atoms with Crippen molar-refractivity contribution in [2.45, 2.75) is 10.8 Å². The molecule has 0 spiro atoms. The van der Waals surface area contributed by atoms with E-state index < -0.39 is 4.92 Å². The van der Waals surface area contributed by atoms with Gasteiger partial charge in [-0.05, 0) is 17.7 Å². The number of halogens is 1. The van der Waals surface area contributed by atoms with E-state index in [1.807, 2.05) is 12.1 Å². The highest BCUT2D eigenvalue weighted by Gasteiger charge is 2.17. The number of nitrogen functional groups attached to an aromatic ring is 1. The van der Waals surface area contributed by atoms with Gasteiger partial charge in [-0.25, -0.2) is 10.8 Å². The Morgan fingerprint density at radius 1 is 1.40 bits per heavy atom. The summed E-state index contributed by atoms with van der Waals surface area (Å²) in [4.78, 5) is 18.1. The number of hydrazine groups is 1. The standard InChI is InChI=1S/C11H10ClN5O2S/c12-8-3-1-7(2-4-8)6-20-10-9(17(18)19)5-14-11(15-10)16-13/h1-5H,6,13H2,(H,14,15,16). The summed E-state index contributed by atoms with van der Waals surface area (Å²) in [6, 6.07) is 7.23. The molecule has 0 saturated heterocycles. The number of anilines is 1. The predicted molar refractivity (Wildman–Crippen MR) is 77.5 cm³/mol. The summed E-state index contributed by atoms with van der Waals surface area (Å²) < 4.78 is 0. The van der Waals surface area contributed by atoms with Gasteiger partial charge < -0.3 is 0 Å². The maximum absolute atomic E-state index is 10.9. The topological polar surface area (TPSA) is 107 Å². The lowest BCUT2D eigenvalue weighted by atomic mass is 10.2. The molecule has 0 fully saturated rings. The zero-order chi connectivity index (χ0) is 14.5. The van der Waals surface area contributed by atoms with Gasteiger partial charge >= 0.3 is 5.69 Å². The van der Waals surface area contributed by atoms with Crippen molar-refractivity contribution in [2.75, 3.05) is 5.43 Å². The molecule has 0 aliphatic carbocycles. The van der Waals surface area contributed by atoms with Crippen LogP contribution in [-0.4, -0.2) is 14.9 Å². The molecule has 7 nitrogen and oxygen atoms in total. The van der Waals surface area contributed by atoms with Crippen molar-refractivity contribution in [2.24, 2.45) is 5.84 Å². The molecule has 0 radical (unpaired) electrons. The van der Waals surface area contributed by atoms with Crippen molar-refractivity contribution in [1.82, 2.24) is 9.97 Å². The molecule has 104 valence electrons. The van der Waals surface area contributed by atoms with Crippen molar-refractivity contribution in [1.29, 1.82) is 0 Å². The largest absolute Gasteiger partial charge is 0.319 e. The van der Waals surface area contributed by atoms with E-state index in [1.54, 1.807) is 12.1 Å². The molecule has 2 rings (SSSR count). The zero-order valence-electron chi connectivity index (χ0n) is 10.1. The molecule has 20 heavy (non-hydrogen) atoms. The average Bonchev–Trinajstić information content (AvgIpc) is 2.46. The quantitative estimate of drug-likeness (QED) is 0.287. The summed E-state index contributed by atoms with van der Waals surface area (Å²) in [7, 11) is 0. The molecule has 0 unspecified atom stereocenters. The number of thioether (sulfide) groups is 1. The Bertz CT molecular complexity index is 623. The molecule has 2 aromatic rings. The number of nitrogens with one attached hydrogen (secondary N) is 1. The van der Waals surface area contributed by atoms with Crippen molar-refractivity contribution in [3.8, 4) is 0 Å². The van der Waals surface area contributed by atoms with Gasteiger partial charge in [0.05, 0.1) is 4.92 Å². The second kappa shape index (κ2) is 6.51. The fourth-order valence-electron chi connectivity index (χ4n) is 1.39. The molecule has 9 heteroatoms. The normalized spacial score (nSPS) is 10.3. The monoisotopic (exact) mass is 311 g/mol. The van der Waals surface area contributed by atoms with Crippen LogP contribution in [0.3, 0.4) is 0 Å². The van der Waals surface area contributed by atoms with Crippen LogP contribution in [-0.2, 0) is 5.75 Å². The van der Waals surface area contributed by atoms with E-state index in [-0.39, 0.29) is 16.7 Å². The van der Waals surface area contributed by atoms with Crippen molar-refractivity contribution < 1.29 is 4.92 Å². The Morgan fingerprint density at radius 2 is 2.10 bits per heavy atom. The molecule has 3 N–H and O–H groups in total. The van der Waals surface area contributed by atoms with Crippen LogP contribution >= 0.6 is 23.4 Å². The Kier molecular flexibility index (Phi) is 4.72. The van der Waals surface area contributed by atoms with Gasteiger partial charge in [-0.1, -0.05) is 35.5 Å². The Morgan fingerprint density at radius 3 is 2.70 bits per heavy atom. The van der Waals surface area contributed by atoms with E-state index in [2.05, 4.69) is 15.4 Å². The van der Waals surface area contributed by atoms with Crippen LogP contribution in [0.15, 0.2) is 35.5 Å². The van der Waals surface area contributed by atoms with Gasteiger partial charge in [0, 0.05) is 10.8 Å². The van der Waals surface area contributed by atoms with Crippen LogP contribution in [0.1, 0.15) is 5.56 Å². The highest BCUT2D eigenvalue weighted by Crippen LogP contribution is 2.30. The van der Waals surface area contributed by atoms with Gasteiger partial charge in [0.15, 0.2) is 5.03 Å². The van der Waals surface area contributed by atoms with E-state index >= 15 is 0 Å². The van der Waals surface area contributed by atoms with E-state index in [0.29, 0.717) is 10.8 Å². The molecule has 0 aliphatic rings. The SMILES string of the molecule is NNc1ncc([N+](=O)[O-])c(SCc2ccc(Cl)cc2)n1. The summed E-state index contributed by atoms with van der Waals surface area (Å²) in [5.41, 5.74) is 3.09. The van der Waals surface area contributed by atoms with Crippen LogP contribution in [0.2, 0.25) is 5.02 Å². The van der Waals surface area contributed by atoms with Crippen molar-refractivity contribution >= 4 is 35.0 Å². The highest BCUT2D eigenvalue weighted by atomic mass is 35.5. The van der Waals surface area contributed by atoms with E-state index in [9.17, 15) is 10.1 Å². The number of nitrogens with two attached hydrogens (primary N) is 1. The van der Waals surface area contributed by atoms with Crippen molar-refractivity contribution in [3.05, 3.63) is 51.2 Å². The van der Waals surface area contributed by atoms with Crippen LogP contribution in [0.25, 0.3) is 0 Å². The van der Waals surface area contributed by atoms with E-state index in [1.165, 1.54) is 11.8 Å². The van der Waals surface area contributed by atoms with Gasteiger partial charge in [0.1, 0.15) is 6.20 Å². The second-order valence-corrected chi connectivity index (χ2v) is 5.10. The molecule has 1 heterocycles. The molecule has 0 saturated carbocycles. The minimum atomic E-state index is -0.523. The summed E-state index contributed by atoms with van der Waals surface area (Å²) in [6.45, 7) is 0. The maximum Gasteiger partial charge on any atom is 0.319 e. The highest BCUT2D eigenvalue weighted by molar-refractivity contribution is 7.98. The number of hydrogen-bond donors (Lipinski definition) is 2. The summed E-state index contributed by atoms with van der Waals surface area (Å²) in [5.74, 6) is 5.86. The van der Waals surface area contributed by atoms with Crippen LogP contribution in [0, 0.1) is 10.1 Å². The van der Waals surface area contributed by atoms with Gasteiger partial charge in [-0.3, -0.25) is 15.5 Å². The zero-order valence-corrected chi connectivity index (χ0v) is 11.7. The maximum atomic E-state index is 10.9. The molecule has 1 aromatic heterocycles. The first-order valence-corrected chi connectivity index (χ1v) is 6.82. The number of benzene rings is 1. The Labute approximate surface area is 123 Å². The third kappa shape index (κ3) is 3.56. The fourth-order valence-corrected chi connectivity index (χ4v) is 2.44. The number of rotatable bonds is 5. The predicted octanol–water partition coefficient (Wildman–Crippen LogP) is 2.62. The lowest BCUT2D eigenvalue weighted by Gasteiger charge is -2.04. The molecule has 0 bridgehead atoms. The second-order valence-electron chi connectivity index (χ2n) is 3.70. The molecule has 0 amide bonds. The van der Waals surface area contributed by atoms with Gasteiger partial charge in [0.25, 0.3) is 0 Å². The number of nitro groups is 1. The summed E-state index contributed by atoms with van der Waals surface area (Å²) in [6.07, 6.45) is 1.13. The molecule has 0 aliphatic heterocycles. The first-order chi connectivity index (χ1) is 9.60. The van der Waals surface area contributed by atoms with Crippen LogP contribution in [0.5, 0.6) is 0 Å².